The van der Waals surface area contributed by atoms with Gasteiger partial charge < -0.3 is 10.4 Å². The summed E-state index contributed by atoms with van der Waals surface area (Å²) in [6, 6.07) is 7.86. The predicted molar refractivity (Wildman–Crippen MR) is 71.4 cm³/mol. The fourth-order valence-corrected chi connectivity index (χ4v) is 2.25. The molecular weight excluding hydrogens is 226 g/mol. The monoisotopic (exact) mass is 243 g/mol. The maximum Gasteiger partial charge on any atom is 0.145 e. The topological polar surface area (TPSA) is 58.0 Å². The Morgan fingerprint density at radius 2 is 2.00 bits per heavy atom. The summed E-state index contributed by atoms with van der Waals surface area (Å²) in [5.41, 5.74) is 2.12. The third kappa shape index (κ3) is 2.29. The fraction of sp³-hybridized carbons (Fsp3) is 0.429. The minimum absolute atomic E-state index is 0.269. The van der Waals surface area contributed by atoms with E-state index in [4.69, 9.17) is 5.11 Å². The Labute approximate surface area is 106 Å². The number of benzene rings is 1. The molecular formula is C14H17N3O. The number of aromatic nitrogens is 2. The van der Waals surface area contributed by atoms with Crippen molar-refractivity contribution in [1.29, 1.82) is 0 Å². The Morgan fingerprint density at radius 3 is 2.72 bits per heavy atom. The number of hydrogen-bond donors (Lipinski definition) is 2. The van der Waals surface area contributed by atoms with Gasteiger partial charge >= 0.3 is 0 Å². The van der Waals surface area contributed by atoms with Gasteiger partial charge in [-0.15, -0.1) is 0 Å². The molecule has 18 heavy (non-hydrogen) atoms. The highest BCUT2D eigenvalue weighted by Gasteiger charge is 2.41. The van der Waals surface area contributed by atoms with Crippen LogP contribution < -0.4 is 5.32 Å². The summed E-state index contributed by atoms with van der Waals surface area (Å²) in [7, 11) is 0. The molecule has 94 valence electrons. The predicted octanol–water partition coefficient (Wildman–Crippen LogP) is 2.20. The van der Waals surface area contributed by atoms with Gasteiger partial charge in [0.1, 0.15) is 5.82 Å². The van der Waals surface area contributed by atoms with E-state index in [1.165, 1.54) is 12.8 Å². The molecule has 3 rings (SSSR count). The zero-order valence-corrected chi connectivity index (χ0v) is 10.3. The molecule has 0 atom stereocenters. The Kier molecular flexibility index (Phi) is 2.88. The van der Waals surface area contributed by atoms with Crippen LogP contribution in [0.4, 0.5) is 5.82 Å². The molecule has 1 aliphatic carbocycles. The van der Waals surface area contributed by atoms with E-state index < -0.39 is 0 Å². The quantitative estimate of drug-likeness (QED) is 0.845. The van der Waals surface area contributed by atoms with Gasteiger partial charge in [0.05, 0.1) is 17.2 Å². The van der Waals surface area contributed by atoms with Crippen molar-refractivity contribution in [3.63, 3.8) is 0 Å². The van der Waals surface area contributed by atoms with Gasteiger partial charge in [-0.3, -0.25) is 4.98 Å². The Bertz CT molecular complexity index is 551. The standard InChI is InChI=1S/C14H17N3O/c18-8-7-14(5-6-14)10-16-13-9-15-11-3-1-2-4-12(11)17-13/h1-4,9,18H,5-8,10H2,(H,16,17). The lowest BCUT2D eigenvalue weighted by molar-refractivity contribution is 0.253. The van der Waals surface area contributed by atoms with Crippen LogP contribution in [0, 0.1) is 5.41 Å². The molecule has 0 saturated heterocycles. The first kappa shape index (κ1) is 11.4. The average Bonchev–Trinajstić information content (AvgIpc) is 3.17. The van der Waals surface area contributed by atoms with Crippen molar-refractivity contribution in [1.82, 2.24) is 9.97 Å². The molecule has 1 aromatic heterocycles. The number of hydrogen-bond acceptors (Lipinski definition) is 4. The van der Waals surface area contributed by atoms with Crippen LogP contribution >= 0.6 is 0 Å². The number of rotatable bonds is 5. The van der Waals surface area contributed by atoms with Crippen molar-refractivity contribution < 1.29 is 5.11 Å². The second-order valence-electron chi connectivity index (χ2n) is 5.07. The number of anilines is 1. The van der Waals surface area contributed by atoms with Crippen LogP contribution in [-0.2, 0) is 0 Å². The molecule has 1 aromatic carbocycles. The van der Waals surface area contributed by atoms with Crippen LogP contribution in [-0.4, -0.2) is 28.2 Å². The number of fused-ring (bicyclic) bond motifs is 1. The minimum Gasteiger partial charge on any atom is -0.396 e. The zero-order chi connectivity index (χ0) is 12.4. The number of aliphatic hydroxyl groups is 1. The molecule has 0 amide bonds. The van der Waals surface area contributed by atoms with Crippen LogP contribution in [0.2, 0.25) is 0 Å². The van der Waals surface area contributed by atoms with Crippen LogP contribution in [0.25, 0.3) is 11.0 Å². The summed E-state index contributed by atoms with van der Waals surface area (Å²) in [6.45, 7) is 1.14. The third-order valence-corrected chi connectivity index (χ3v) is 3.69. The van der Waals surface area contributed by atoms with Crippen LogP contribution in [0.15, 0.2) is 30.5 Å². The number of para-hydroxylation sites is 2. The SMILES string of the molecule is OCCC1(CNc2cnc3ccccc3n2)CC1. The molecule has 0 aliphatic heterocycles. The van der Waals surface area contributed by atoms with Crippen molar-refractivity contribution in [2.45, 2.75) is 19.3 Å². The molecule has 0 spiro atoms. The van der Waals surface area contributed by atoms with E-state index in [9.17, 15) is 0 Å². The van der Waals surface area contributed by atoms with Gasteiger partial charge in [-0.05, 0) is 36.8 Å². The van der Waals surface area contributed by atoms with E-state index in [0.717, 1.165) is 29.8 Å². The van der Waals surface area contributed by atoms with Gasteiger partial charge in [0.2, 0.25) is 0 Å². The second kappa shape index (κ2) is 4.53. The largest absolute Gasteiger partial charge is 0.396 e. The first-order chi connectivity index (χ1) is 8.81. The van der Waals surface area contributed by atoms with Crippen LogP contribution in [0.3, 0.4) is 0 Å². The molecule has 2 N–H and O–H groups in total. The normalized spacial score (nSPS) is 16.7. The third-order valence-electron chi connectivity index (χ3n) is 3.69. The van der Waals surface area contributed by atoms with E-state index in [1.807, 2.05) is 24.3 Å². The summed E-state index contributed by atoms with van der Waals surface area (Å²) in [4.78, 5) is 8.90. The van der Waals surface area contributed by atoms with Gasteiger partial charge in [-0.25, -0.2) is 4.98 Å². The molecule has 1 heterocycles. The molecule has 2 aromatic rings. The number of nitrogens with one attached hydrogen (secondary N) is 1. The number of aliphatic hydroxyl groups excluding tert-OH is 1. The first-order valence-corrected chi connectivity index (χ1v) is 6.38. The highest BCUT2D eigenvalue weighted by atomic mass is 16.3. The lowest BCUT2D eigenvalue weighted by atomic mass is 10.0. The summed E-state index contributed by atoms with van der Waals surface area (Å²) in [6.07, 6.45) is 5.04. The molecule has 0 unspecified atom stereocenters. The second-order valence-corrected chi connectivity index (χ2v) is 5.07. The molecule has 1 aliphatic rings. The Hall–Kier alpha value is -1.68. The smallest absolute Gasteiger partial charge is 0.145 e. The van der Waals surface area contributed by atoms with Crippen molar-refractivity contribution in [2.24, 2.45) is 5.41 Å². The molecule has 0 bridgehead atoms. The molecule has 1 fully saturated rings. The van der Waals surface area contributed by atoms with Gasteiger partial charge in [0, 0.05) is 13.2 Å². The molecule has 4 nitrogen and oxygen atoms in total. The highest BCUT2D eigenvalue weighted by Crippen LogP contribution is 2.48. The van der Waals surface area contributed by atoms with E-state index in [0.29, 0.717) is 5.41 Å². The summed E-state index contributed by atoms with van der Waals surface area (Å²) >= 11 is 0. The fourth-order valence-electron chi connectivity index (χ4n) is 2.25. The van der Waals surface area contributed by atoms with Gasteiger partial charge in [0.15, 0.2) is 0 Å². The zero-order valence-electron chi connectivity index (χ0n) is 10.3. The number of nitrogens with zero attached hydrogens (tertiary/aromatic N) is 2. The van der Waals surface area contributed by atoms with Crippen LogP contribution in [0.1, 0.15) is 19.3 Å². The minimum atomic E-state index is 0.269. The molecule has 1 saturated carbocycles. The maximum absolute atomic E-state index is 9.02. The van der Waals surface area contributed by atoms with Crippen molar-refractivity contribution in [3.05, 3.63) is 30.5 Å². The first-order valence-electron chi connectivity index (χ1n) is 6.38. The lowest BCUT2D eigenvalue weighted by Crippen LogP contribution is -2.17. The lowest BCUT2D eigenvalue weighted by Gasteiger charge is -2.14. The van der Waals surface area contributed by atoms with Crippen molar-refractivity contribution in [3.8, 4) is 0 Å². The van der Waals surface area contributed by atoms with E-state index in [2.05, 4.69) is 15.3 Å². The molecule has 4 heteroatoms. The Morgan fingerprint density at radius 1 is 1.22 bits per heavy atom. The van der Waals surface area contributed by atoms with E-state index >= 15 is 0 Å². The average molecular weight is 243 g/mol. The van der Waals surface area contributed by atoms with Crippen molar-refractivity contribution in [2.75, 3.05) is 18.5 Å². The summed E-state index contributed by atoms with van der Waals surface area (Å²) in [5.74, 6) is 0.818. The van der Waals surface area contributed by atoms with E-state index in [-0.39, 0.29) is 6.61 Å². The highest BCUT2D eigenvalue weighted by molar-refractivity contribution is 5.75. The Balaban J connectivity index is 1.71. The van der Waals surface area contributed by atoms with Crippen molar-refractivity contribution >= 4 is 16.9 Å². The molecule has 0 radical (unpaired) electrons. The van der Waals surface area contributed by atoms with E-state index in [1.54, 1.807) is 6.20 Å². The van der Waals surface area contributed by atoms with Crippen LogP contribution in [0.5, 0.6) is 0 Å². The summed E-state index contributed by atoms with van der Waals surface area (Å²) in [5, 5.41) is 12.4. The summed E-state index contributed by atoms with van der Waals surface area (Å²) < 4.78 is 0. The van der Waals surface area contributed by atoms with Gasteiger partial charge in [-0.1, -0.05) is 12.1 Å². The maximum atomic E-state index is 9.02. The van der Waals surface area contributed by atoms with Gasteiger partial charge in [-0.2, -0.15) is 0 Å². The van der Waals surface area contributed by atoms with Gasteiger partial charge in [0.25, 0.3) is 0 Å².